The third kappa shape index (κ3) is 2.15. The second kappa shape index (κ2) is 3.98. The number of aromatic nitrogens is 2. The van der Waals surface area contributed by atoms with Crippen LogP contribution < -0.4 is 0 Å². The molecule has 0 saturated heterocycles. The molecule has 0 aliphatic carbocycles. The Morgan fingerprint density at radius 2 is 2.27 bits per heavy atom. The van der Waals surface area contributed by atoms with Crippen molar-refractivity contribution in [3.8, 4) is 0 Å². The maximum atomic E-state index is 13.3. The standard InChI is InChI=1S/C11H13FN2O/c1-7(2)15-6-10-13-9-5-3-4-8(12)11(9)14-10/h3-5,7H,6H2,1-2H3,(H,13,14). The van der Waals surface area contributed by atoms with Crippen LogP contribution in [0.5, 0.6) is 0 Å². The number of hydrogen-bond donors (Lipinski definition) is 1. The fraction of sp³-hybridized carbons (Fsp3) is 0.364. The van der Waals surface area contributed by atoms with Crippen molar-refractivity contribution in [3.05, 3.63) is 29.8 Å². The monoisotopic (exact) mass is 208 g/mol. The Kier molecular flexibility index (Phi) is 2.68. The Morgan fingerprint density at radius 3 is 2.93 bits per heavy atom. The number of benzene rings is 1. The van der Waals surface area contributed by atoms with Crippen molar-refractivity contribution in [2.45, 2.75) is 26.6 Å². The number of halogens is 1. The van der Waals surface area contributed by atoms with Gasteiger partial charge in [-0.15, -0.1) is 0 Å². The molecule has 0 amide bonds. The molecule has 0 aliphatic heterocycles. The molecule has 1 aromatic carbocycles. The van der Waals surface area contributed by atoms with Crippen LogP contribution in [0.15, 0.2) is 18.2 Å². The number of ether oxygens (including phenoxy) is 1. The summed E-state index contributed by atoms with van der Waals surface area (Å²) in [4.78, 5) is 7.14. The van der Waals surface area contributed by atoms with Crippen molar-refractivity contribution in [1.82, 2.24) is 9.97 Å². The molecule has 0 fully saturated rings. The third-order valence-corrected chi connectivity index (χ3v) is 2.07. The summed E-state index contributed by atoms with van der Waals surface area (Å²) in [6.07, 6.45) is 0.142. The quantitative estimate of drug-likeness (QED) is 0.842. The SMILES string of the molecule is CC(C)OCc1nc2c(F)cccc2[nH]1. The number of nitrogens with one attached hydrogen (secondary N) is 1. The first-order chi connectivity index (χ1) is 7.16. The Labute approximate surface area is 87.3 Å². The molecular weight excluding hydrogens is 195 g/mol. The van der Waals surface area contributed by atoms with Crippen molar-refractivity contribution in [2.75, 3.05) is 0 Å². The van der Waals surface area contributed by atoms with Gasteiger partial charge < -0.3 is 9.72 Å². The zero-order valence-corrected chi connectivity index (χ0v) is 8.75. The fourth-order valence-electron chi connectivity index (χ4n) is 1.36. The number of aromatic amines is 1. The van der Waals surface area contributed by atoms with E-state index < -0.39 is 0 Å². The fourth-order valence-corrected chi connectivity index (χ4v) is 1.36. The second-order valence-electron chi connectivity index (χ2n) is 3.68. The van der Waals surface area contributed by atoms with Crippen LogP contribution in [0.1, 0.15) is 19.7 Å². The summed E-state index contributed by atoms with van der Waals surface area (Å²) in [6.45, 7) is 4.28. The van der Waals surface area contributed by atoms with Gasteiger partial charge in [0, 0.05) is 0 Å². The minimum atomic E-state index is -0.306. The predicted octanol–water partition coefficient (Wildman–Crippen LogP) is 2.63. The van der Waals surface area contributed by atoms with Crippen LogP contribution in [0, 0.1) is 5.82 Å². The van der Waals surface area contributed by atoms with Gasteiger partial charge >= 0.3 is 0 Å². The maximum Gasteiger partial charge on any atom is 0.151 e. The molecule has 1 N–H and O–H groups in total. The second-order valence-corrected chi connectivity index (χ2v) is 3.68. The van der Waals surface area contributed by atoms with Gasteiger partial charge in [-0.1, -0.05) is 6.07 Å². The largest absolute Gasteiger partial charge is 0.371 e. The first-order valence-electron chi connectivity index (χ1n) is 4.91. The van der Waals surface area contributed by atoms with E-state index in [1.807, 2.05) is 13.8 Å². The van der Waals surface area contributed by atoms with Crippen molar-refractivity contribution in [2.24, 2.45) is 0 Å². The highest BCUT2D eigenvalue weighted by Gasteiger charge is 2.07. The van der Waals surface area contributed by atoms with Crippen LogP contribution in [0.25, 0.3) is 11.0 Å². The Hall–Kier alpha value is -1.42. The minimum absolute atomic E-state index is 0.142. The molecule has 3 nitrogen and oxygen atoms in total. The lowest BCUT2D eigenvalue weighted by Gasteiger charge is -2.03. The molecule has 0 atom stereocenters. The summed E-state index contributed by atoms with van der Waals surface area (Å²) in [5.41, 5.74) is 1.08. The Bertz CT molecular complexity index is 465. The molecule has 0 saturated carbocycles. The van der Waals surface area contributed by atoms with Gasteiger partial charge in [0.2, 0.25) is 0 Å². The highest BCUT2D eigenvalue weighted by atomic mass is 19.1. The number of nitrogens with zero attached hydrogens (tertiary/aromatic N) is 1. The Morgan fingerprint density at radius 1 is 1.47 bits per heavy atom. The van der Waals surface area contributed by atoms with E-state index in [1.54, 1.807) is 12.1 Å². The predicted molar refractivity (Wildman–Crippen MR) is 56.0 cm³/mol. The summed E-state index contributed by atoms with van der Waals surface area (Å²) >= 11 is 0. The molecule has 0 unspecified atom stereocenters. The molecule has 80 valence electrons. The van der Waals surface area contributed by atoms with Gasteiger partial charge in [0.05, 0.1) is 11.6 Å². The molecule has 0 aliphatic rings. The molecule has 1 heterocycles. The average Bonchev–Trinajstić information content (AvgIpc) is 2.59. The summed E-state index contributed by atoms with van der Waals surface area (Å²) in [6, 6.07) is 4.85. The highest BCUT2D eigenvalue weighted by molar-refractivity contribution is 5.75. The first-order valence-corrected chi connectivity index (χ1v) is 4.91. The topological polar surface area (TPSA) is 37.9 Å². The molecule has 0 bridgehead atoms. The van der Waals surface area contributed by atoms with Crippen molar-refractivity contribution < 1.29 is 9.13 Å². The van der Waals surface area contributed by atoms with E-state index in [-0.39, 0.29) is 11.9 Å². The lowest BCUT2D eigenvalue weighted by atomic mass is 10.3. The molecule has 0 spiro atoms. The third-order valence-electron chi connectivity index (χ3n) is 2.07. The van der Waals surface area contributed by atoms with E-state index in [1.165, 1.54) is 6.07 Å². The minimum Gasteiger partial charge on any atom is -0.371 e. The zero-order valence-electron chi connectivity index (χ0n) is 8.75. The summed E-state index contributed by atoms with van der Waals surface area (Å²) < 4.78 is 18.7. The van der Waals surface area contributed by atoms with Crippen LogP contribution >= 0.6 is 0 Å². The maximum absolute atomic E-state index is 13.3. The van der Waals surface area contributed by atoms with Crippen LogP contribution in [0.2, 0.25) is 0 Å². The van der Waals surface area contributed by atoms with Gasteiger partial charge in [-0.05, 0) is 26.0 Å². The van der Waals surface area contributed by atoms with E-state index >= 15 is 0 Å². The first kappa shape index (κ1) is 10.1. The molecule has 15 heavy (non-hydrogen) atoms. The van der Waals surface area contributed by atoms with Crippen LogP contribution in [0.3, 0.4) is 0 Å². The number of fused-ring (bicyclic) bond motifs is 1. The number of hydrogen-bond acceptors (Lipinski definition) is 2. The molecule has 1 aromatic heterocycles. The number of H-pyrrole nitrogens is 1. The molecular formula is C11H13FN2O. The van der Waals surface area contributed by atoms with Crippen molar-refractivity contribution in [3.63, 3.8) is 0 Å². The lowest BCUT2D eigenvalue weighted by molar-refractivity contribution is 0.0618. The van der Waals surface area contributed by atoms with Gasteiger partial charge in [-0.3, -0.25) is 0 Å². The van der Waals surface area contributed by atoms with Gasteiger partial charge in [0.1, 0.15) is 17.9 Å². The van der Waals surface area contributed by atoms with Gasteiger partial charge in [0.25, 0.3) is 0 Å². The average molecular weight is 208 g/mol. The summed E-state index contributed by atoms with van der Waals surface area (Å²) in [7, 11) is 0. The summed E-state index contributed by atoms with van der Waals surface area (Å²) in [5, 5.41) is 0. The van der Waals surface area contributed by atoms with E-state index in [0.717, 1.165) is 0 Å². The lowest BCUT2D eigenvalue weighted by Crippen LogP contribution is -2.03. The van der Waals surface area contributed by atoms with E-state index in [4.69, 9.17) is 4.74 Å². The number of rotatable bonds is 3. The van der Waals surface area contributed by atoms with E-state index in [2.05, 4.69) is 9.97 Å². The van der Waals surface area contributed by atoms with Gasteiger partial charge in [0.15, 0.2) is 5.82 Å². The number of imidazole rings is 1. The van der Waals surface area contributed by atoms with Crippen molar-refractivity contribution in [1.29, 1.82) is 0 Å². The van der Waals surface area contributed by atoms with Crippen LogP contribution in [-0.2, 0) is 11.3 Å². The van der Waals surface area contributed by atoms with Crippen molar-refractivity contribution >= 4 is 11.0 Å². The summed E-state index contributed by atoms with van der Waals surface area (Å²) in [5.74, 6) is 0.350. The number of para-hydroxylation sites is 1. The molecule has 4 heteroatoms. The highest BCUT2D eigenvalue weighted by Crippen LogP contribution is 2.15. The van der Waals surface area contributed by atoms with E-state index in [9.17, 15) is 4.39 Å². The Balaban J connectivity index is 2.27. The smallest absolute Gasteiger partial charge is 0.151 e. The van der Waals surface area contributed by atoms with Gasteiger partial charge in [-0.2, -0.15) is 0 Å². The molecule has 2 aromatic rings. The normalized spacial score (nSPS) is 11.5. The van der Waals surface area contributed by atoms with Gasteiger partial charge in [-0.25, -0.2) is 9.37 Å². The van der Waals surface area contributed by atoms with Crippen LogP contribution in [-0.4, -0.2) is 16.1 Å². The molecule has 2 rings (SSSR count). The van der Waals surface area contributed by atoms with E-state index in [0.29, 0.717) is 23.5 Å². The molecule has 0 radical (unpaired) electrons. The van der Waals surface area contributed by atoms with Crippen LogP contribution in [0.4, 0.5) is 4.39 Å². The zero-order chi connectivity index (χ0) is 10.8.